The molecule has 4 heteroatoms. The van der Waals surface area contributed by atoms with E-state index in [1.165, 1.54) is 0 Å². The highest BCUT2D eigenvalue weighted by Gasteiger charge is 1.46. The summed E-state index contributed by atoms with van der Waals surface area (Å²) in [5.74, 6) is 0. The normalized spacial score (nSPS) is 6.50. The Morgan fingerprint density at radius 1 is 1.50 bits per heavy atom. The fraction of sp³-hybridized carbons (Fsp3) is 0. The summed E-state index contributed by atoms with van der Waals surface area (Å²) in [5.41, 5.74) is 7.81. The van der Waals surface area contributed by atoms with Gasteiger partial charge in [-0.2, -0.15) is 0 Å². The maximum Gasteiger partial charge on any atom is 0.141 e. The topological polar surface area (TPSA) is 25.3 Å². The van der Waals surface area contributed by atoms with E-state index in [-0.39, 0.29) is 0 Å². The lowest BCUT2D eigenvalue weighted by Crippen LogP contribution is -1.48. The Morgan fingerprint density at radius 3 is 1.50 bits per heavy atom. The van der Waals surface area contributed by atoms with Crippen molar-refractivity contribution in [3.05, 3.63) is 5.53 Å². The summed E-state index contributed by atoms with van der Waals surface area (Å²) in [5, 5.41) is 0. The largest absolute Gasteiger partial charge is 0.506 e. The van der Waals surface area contributed by atoms with Crippen LogP contribution in [0.25, 0.3) is 5.53 Å². The van der Waals surface area contributed by atoms with Crippen molar-refractivity contribution in [1.29, 1.82) is 0 Å². The molecule has 24 valence electrons. The maximum atomic E-state index is 7.81. The molecule has 0 aromatic rings. The van der Waals surface area contributed by atoms with E-state index in [9.17, 15) is 0 Å². The summed E-state index contributed by atoms with van der Waals surface area (Å²) in [7, 11) is 4.02. The Balaban J connectivity index is 2.80. The van der Waals surface area contributed by atoms with Crippen molar-refractivity contribution in [1.82, 2.24) is 0 Å². The van der Waals surface area contributed by atoms with Crippen LogP contribution in [-0.2, 0) is 0 Å². The fourth-order valence-corrected chi connectivity index (χ4v) is 0. The van der Waals surface area contributed by atoms with E-state index in [4.69, 9.17) is 5.53 Å². The Kier molecular flexibility index (Phi) is 1.95. The monoisotopic (exact) mass is 94.0 g/mol. The van der Waals surface area contributed by atoms with E-state index in [0.29, 0.717) is 0 Å². The van der Waals surface area contributed by atoms with Crippen LogP contribution in [0.4, 0.5) is 0 Å². The van der Waals surface area contributed by atoms with Gasteiger partial charge in [-0.25, -0.2) is 0 Å². The molecule has 0 rings (SSSR count). The summed E-state index contributed by atoms with van der Waals surface area (Å²) < 4.78 is 0.833. The molecular weight excluding hydrogens is 90.0 g/mol. The molecule has 0 aliphatic rings. The van der Waals surface area contributed by atoms with Crippen LogP contribution in [0.2, 0.25) is 0 Å². The van der Waals surface area contributed by atoms with Crippen LogP contribution in [0.1, 0.15) is 0 Å². The molecule has 0 aromatic heterocycles. The van der Waals surface area contributed by atoms with Crippen LogP contribution in [0.3, 0.4) is 0 Å². The van der Waals surface area contributed by atoms with Crippen LogP contribution in [0.5, 0.6) is 0 Å². The van der Waals surface area contributed by atoms with Crippen LogP contribution in [-0.4, -0.2) is 4.24 Å². The molecule has 0 bridgehead atoms. The second kappa shape index (κ2) is 1.75. The van der Waals surface area contributed by atoms with Crippen molar-refractivity contribution in [3.8, 4) is 0 Å². The van der Waals surface area contributed by atoms with Crippen molar-refractivity contribution < 1.29 is 4.24 Å². The van der Waals surface area contributed by atoms with Gasteiger partial charge in [0.05, 0.1) is 0 Å². The summed E-state index contributed by atoms with van der Waals surface area (Å²) >= 11 is 0. The molecule has 2 unspecified atom stereocenters. The molecular formula is H4N2P2. The lowest BCUT2D eigenvalue weighted by molar-refractivity contribution is -0.164. The minimum absolute atomic E-state index is 0.833. The first-order valence-corrected chi connectivity index (χ1v) is 1.75. The number of hydrogen-bond acceptors (Lipinski definition) is 0. The number of hydrogen-bond donors (Lipinski definition) is 0. The van der Waals surface area contributed by atoms with Gasteiger partial charge in [0.2, 0.25) is 0 Å². The second-order valence-corrected chi connectivity index (χ2v) is 2.03. The standard InChI is InChI=1S/H4N2P2/c1-2(3)4/h3-4H2. The Morgan fingerprint density at radius 2 is 1.50 bits per heavy atom. The predicted molar refractivity (Wildman–Crippen MR) is 23.0 cm³/mol. The molecule has 4 heavy (non-hydrogen) atoms. The van der Waals surface area contributed by atoms with Gasteiger partial charge in [0.15, 0.2) is 0 Å². The van der Waals surface area contributed by atoms with Crippen molar-refractivity contribution in [3.63, 3.8) is 0 Å². The molecule has 0 saturated carbocycles. The van der Waals surface area contributed by atoms with E-state index in [1.54, 1.807) is 0 Å². The minimum atomic E-state index is 0.833. The minimum Gasteiger partial charge on any atom is -0.506 e. The third kappa shape index (κ3) is 24.8. The summed E-state index contributed by atoms with van der Waals surface area (Å²) in [4.78, 5) is 0. The number of rotatable bonds is 0. The van der Waals surface area contributed by atoms with Crippen LogP contribution >= 0.6 is 18.8 Å². The van der Waals surface area contributed by atoms with E-state index in [1.807, 2.05) is 18.8 Å². The predicted octanol–water partition coefficient (Wildman–Crippen LogP) is 0.601. The van der Waals surface area contributed by atoms with E-state index in [0.717, 1.165) is 4.24 Å². The highest BCUT2D eigenvalue weighted by atomic mass is 31.1. The van der Waals surface area contributed by atoms with Gasteiger partial charge in [0, 0.05) is 0 Å². The fourth-order valence-electron chi connectivity index (χ4n) is 0. The molecule has 0 fully saturated rings. The molecule has 0 heterocycles. The highest BCUT2D eigenvalue weighted by Crippen LogP contribution is 1.90. The van der Waals surface area contributed by atoms with Crippen molar-refractivity contribution in [2.24, 2.45) is 0 Å². The van der Waals surface area contributed by atoms with Gasteiger partial charge in [-0.1, -0.05) is 0 Å². The average Bonchev–Trinajstić information content (AvgIpc) is 0.811. The lowest BCUT2D eigenvalue weighted by Gasteiger charge is -1.76. The number of nitrogens with zero attached hydrogens (tertiary/aromatic N) is 2. The van der Waals surface area contributed by atoms with E-state index in [2.05, 4.69) is 0 Å². The lowest BCUT2D eigenvalue weighted by atomic mass is 13.2. The molecule has 0 aliphatic carbocycles. The first-order valence-electron chi connectivity index (χ1n) is 0.716. The van der Waals surface area contributed by atoms with Gasteiger partial charge in [-0.3, -0.25) is 0 Å². The summed E-state index contributed by atoms with van der Waals surface area (Å²) in [6.07, 6.45) is 0. The third-order valence-corrected chi connectivity index (χ3v) is 0. The first-order chi connectivity index (χ1) is 1.73. The molecule has 0 aromatic carbocycles. The maximum absolute atomic E-state index is 7.81. The van der Waals surface area contributed by atoms with Crippen molar-refractivity contribution >= 4 is 18.8 Å². The zero-order valence-corrected chi connectivity index (χ0v) is 4.36. The quantitative estimate of drug-likeness (QED) is 0.310. The van der Waals surface area contributed by atoms with Gasteiger partial charge in [-0.15, -0.1) is 0 Å². The molecule has 2 atom stereocenters. The van der Waals surface area contributed by atoms with Crippen LogP contribution < -0.4 is 0 Å². The van der Waals surface area contributed by atoms with Crippen molar-refractivity contribution in [2.75, 3.05) is 0 Å². The zero-order chi connectivity index (χ0) is 3.58. The van der Waals surface area contributed by atoms with Crippen LogP contribution in [0.15, 0.2) is 0 Å². The Hall–Kier alpha value is 0.460. The Bertz CT molecular complexity index is 27.0. The average molecular weight is 94.0 g/mol. The molecule has 0 amide bonds. The molecule has 0 aliphatic heterocycles. The SMILES string of the molecule is [N-]=[N+](P)P. The molecule has 0 N–H and O–H groups in total. The van der Waals surface area contributed by atoms with E-state index >= 15 is 0 Å². The highest BCUT2D eigenvalue weighted by molar-refractivity contribution is 7.21. The molecule has 2 nitrogen and oxygen atoms in total. The summed E-state index contributed by atoms with van der Waals surface area (Å²) in [6, 6.07) is 0. The zero-order valence-electron chi connectivity index (χ0n) is 2.05. The second-order valence-electron chi connectivity index (χ2n) is 0.380. The summed E-state index contributed by atoms with van der Waals surface area (Å²) in [6.45, 7) is 0. The van der Waals surface area contributed by atoms with E-state index < -0.39 is 0 Å². The van der Waals surface area contributed by atoms with Gasteiger partial charge < -0.3 is 9.77 Å². The third-order valence-electron chi connectivity index (χ3n) is 0. The first kappa shape index (κ1) is 4.46. The smallest absolute Gasteiger partial charge is 0.141 e. The van der Waals surface area contributed by atoms with Gasteiger partial charge in [-0.05, 0) is 0 Å². The molecule has 0 spiro atoms. The van der Waals surface area contributed by atoms with Gasteiger partial charge in [0.1, 0.15) is 18.8 Å². The van der Waals surface area contributed by atoms with Crippen LogP contribution in [0, 0.1) is 0 Å². The van der Waals surface area contributed by atoms with Gasteiger partial charge in [0.25, 0.3) is 0 Å². The molecule has 0 radical (unpaired) electrons. The molecule has 0 saturated heterocycles. The van der Waals surface area contributed by atoms with Crippen molar-refractivity contribution in [2.45, 2.75) is 0 Å². The van der Waals surface area contributed by atoms with Gasteiger partial charge >= 0.3 is 0 Å². The Labute approximate surface area is 29.6 Å².